The van der Waals surface area contributed by atoms with Gasteiger partial charge in [0.05, 0.1) is 30.1 Å². The zero-order valence-corrected chi connectivity index (χ0v) is 35.2. The second-order valence-electron chi connectivity index (χ2n) is 17.0. The van der Waals surface area contributed by atoms with E-state index in [2.05, 4.69) is 77.3 Å². The molecule has 6 aromatic rings. The Morgan fingerprint density at radius 1 is 0.857 bits per heavy atom. The summed E-state index contributed by atoms with van der Waals surface area (Å²) in [5.74, 6) is -0.271. The van der Waals surface area contributed by atoms with Crippen molar-refractivity contribution >= 4 is 45.8 Å². The number of ether oxygens (including phenoxy) is 1. The number of carbonyl (C=O) groups is 3. The summed E-state index contributed by atoms with van der Waals surface area (Å²) in [5, 5.41) is 8.27. The van der Waals surface area contributed by atoms with Crippen LogP contribution in [0.2, 0.25) is 0 Å². The van der Waals surface area contributed by atoms with Crippen LogP contribution in [-0.2, 0) is 35.6 Å². The van der Waals surface area contributed by atoms with Crippen LogP contribution in [0.25, 0.3) is 22.3 Å². The highest BCUT2D eigenvalue weighted by Crippen LogP contribution is 2.36. The molecular weight excluding hydrogens is 800 g/mol. The molecule has 4 aromatic carbocycles. The third-order valence-corrected chi connectivity index (χ3v) is 13.1. The second kappa shape index (κ2) is 16.9. The molecular formula is C48H49FN10O4. The summed E-state index contributed by atoms with van der Waals surface area (Å²) in [6.45, 7) is 7.78. The van der Waals surface area contributed by atoms with Crippen LogP contribution in [0.4, 0.5) is 21.6 Å². The maximum atomic E-state index is 13.9. The number of nitrogens with two attached hydrogens (primary N) is 1. The number of carbonyl (C=O) groups excluding carboxylic acids is 3. The number of rotatable bonds is 12. The average Bonchev–Trinajstić information content (AvgIpc) is 3.88. The fourth-order valence-corrected chi connectivity index (χ4v) is 9.48. The van der Waals surface area contributed by atoms with Gasteiger partial charge in [-0.3, -0.25) is 29.5 Å². The quantitative estimate of drug-likeness (QED) is 0.117. The topological polar surface area (TPSA) is 155 Å². The van der Waals surface area contributed by atoms with Crippen LogP contribution in [0, 0.1) is 5.82 Å². The van der Waals surface area contributed by atoms with Crippen LogP contribution in [0.3, 0.4) is 0 Å². The molecule has 0 saturated carbocycles. The predicted octanol–water partition coefficient (Wildman–Crippen LogP) is 5.54. The fourth-order valence-electron chi connectivity index (χ4n) is 9.48. The number of anilines is 3. The predicted molar refractivity (Wildman–Crippen MR) is 238 cm³/mol. The molecule has 3 N–H and O–H groups in total. The first-order chi connectivity index (χ1) is 30.7. The number of hydrogen-bond donors (Lipinski definition) is 2. The second-order valence-corrected chi connectivity index (χ2v) is 17.0. The van der Waals surface area contributed by atoms with Crippen molar-refractivity contribution in [3.8, 4) is 17.0 Å². The molecule has 4 aliphatic heterocycles. The molecule has 0 bridgehead atoms. The van der Waals surface area contributed by atoms with Gasteiger partial charge in [0.2, 0.25) is 11.8 Å². The number of nitrogens with zero attached hydrogens (tertiary/aromatic N) is 8. The van der Waals surface area contributed by atoms with Crippen LogP contribution >= 0.6 is 0 Å². The van der Waals surface area contributed by atoms with Crippen molar-refractivity contribution < 1.29 is 23.5 Å². The van der Waals surface area contributed by atoms with E-state index in [1.54, 1.807) is 0 Å². The number of imide groups is 1. The van der Waals surface area contributed by atoms with Gasteiger partial charge in [0.15, 0.2) is 11.4 Å². The van der Waals surface area contributed by atoms with E-state index in [0.29, 0.717) is 47.6 Å². The number of nitrogen functional groups attached to an aromatic ring is 1. The zero-order valence-electron chi connectivity index (χ0n) is 35.2. The van der Waals surface area contributed by atoms with Crippen molar-refractivity contribution in [2.45, 2.75) is 57.4 Å². The SMILES string of the molecule is COc1ccc(F)cc1C(=O)CCc1ccc(-c2nn(C3CN(c4ccc(CN5CCN(c6ccc7c(c6)CN([C@H]6CCC(=O)NC6=O)C7)CC5)cc4)C3)c3ncnc(N)c23)cc1. The Morgan fingerprint density at radius 2 is 1.60 bits per heavy atom. The van der Waals surface area contributed by atoms with Crippen LogP contribution in [0.1, 0.15) is 57.9 Å². The van der Waals surface area contributed by atoms with Crippen molar-refractivity contribution in [1.29, 1.82) is 0 Å². The van der Waals surface area contributed by atoms with Gasteiger partial charge in [0.25, 0.3) is 0 Å². The summed E-state index contributed by atoms with van der Waals surface area (Å²) >= 11 is 0. The molecule has 0 aliphatic carbocycles. The average molecular weight is 849 g/mol. The van der Waals surface area contributed by atoms with Crippen LogP contribution in [0.15, 0.2) is 91.3 Å². The van der Waals surface area contributed by atoms with Gasteiger partial charge in [-0.25, -0.2) is 19.0 Å². The van der Waals surface area contributed by atoms with Crippen molar-refractivity contribution in [1.82, 2.24) is 34.9 Å². The molecule has 322 valence electrons. The number of fused-ring (bicyclic) bond motifs is 2. The monoisotopic (exact) mass is 848 g/mol. The van der Waals surface area contributed by atoms with E-state index in [9.17, 15) is 18.8 Å². The molecule has 3 fully saturated rings. The molecule has 0 radical (unpaired) electrons. The van der Waals surface area contributed by atoms with Gasteiger partial charge in [0.1, 0.15) is 29.4 Å². The summed E-state index contributed by atoms with van der Waals surface area (Å²) in [6.07, 6.45) is 3.16. The van der Waals surface area contributed by atoms with E-state index < -0.39 is 5.82 Å². The normalized spacial score (nSPS) is 18.4. The largest absolute Gasteiger partial charge is 0.496 e. The lowest BCUT2D eigenvalue weighted by molar-refractivity contribution is -0.137. The van der Waals surface area contributed by atoms with Crippen molar-refractivity contribution in [3.63, 3.8) is 0 Å². The number of halogens is 1. The van der Waals surface area contributed by atoms with E-state index in [0.717, 1.165) is 70.0 Å². The van der Waals surface area contributed by atoms with Crippen molar-refractivity contribution in [2.24, 2.45) is 0 Å². The van der Waals surface area contributed by atoms with E-state index in [-0.39, 0.29) is 41.7 Å². The van der Waals surface area contributed by atoms with Gasteiger partial charge < -0.3 is 20.3 Å². The minimum Gasteiger partial charge on any atom is -0.496 e. The number of piperazine rings is 1. The lowest BCUT2D eigenvalue weighted by Crippen LogP contribution is -2.50. The number of nitrogens with one attached hydrogen (secondary N) is 1. The standard InChI is InChI=1S/C48H49FN10O4/c1-63-42-16-10-35(49)23-39(42)41(60)15-6-30-2-7-32(8-3-30)45-44-46(50)51-29-52-47(44)59(54-45)38-27-57(28-38)36-11-4-31(5-12-36)24-55-18-20-56(21-19-55)37-13-9-33-25-58(26-34(33)22-37)40-14-17-43(61)53-48(40)62/h2-5,7-13,16,22-23,29,38,40H,6,14-15,17-21,24-28H2,1H3,(H2,50,51,52)(H,53,61,62)/t40-/m0/s1. The number of aryl methyl sites for hydroxylation is 1. The Hall–Kier alpha value is -6.71. The summed E-state index contributed by atoms with van der Waals surface area (Å²) in [4.78, 5) is 55.5. The number of piperidine rings is 1. The molecule has 3 saturated heterocycles. The van der Waals surface area contributed by atoms with Gasteiger partial charge in [-0.1, -0.05) is 42.5 Å². The zero-order chi connectivity index (χ0) is 43.2. The Labute approximate surface area is 364 Å². The Morgan fingerprint density at radius 3 is 2.37 bits per heavy atom. The maximum Gasteiger partial charge on any atom is 0.243 e. The third-order valence-electron chi connectivity index (χ3n) is 13.1. The summed E-state index contributed by atoms with van der Waals surface area (Å²) in [6, 6.07) is 27.3. The van der Waals surface area contributed by atoms with Crippen LogP contribution in [-0.4, -0.2) is 99.6 Å². The number of hydrogen-bond acceptors (Lipinski definition) is 12. The molecule has 0 spiro atoms. The number of benzene rings is 4. The highest BCUT2D eigenvalue weighted by molar-refractivity contribution is 6.01. The number of methoxy groups -OCH3 is 1. The first kappa shape index (κ1) is 40.4. The Balaban J connectivity index is 0.727. The number of amides is 2. The van der Waals surface area contributed by atoms with Gasteiger partial charge in [0, 0.05) is 88.7 Å². The van der Waals surface area contributed by atoms with Crippen LogP contribution < -0.4 is 25.6 Å². The molecule has 63 heavy (non-hydrogen) atoms. The minimum absolute atomic E-state index is 0.103. The van der Waals surface area contributed by atoms with E-state index >= 15 is 0 Å². The number of aromatic nitrogens is 4. The van der Waals surface area contributed by atoms with Crippen molar-refractivity contribution in [2.75, 3.05) is 61.9 Å². The fraction of sp³-hybridized carbons (Fsp3) is 0.333. The molecule has 2 amide bonds. The van der Waals surface area contributed by atoms with Crippen molar-refractivity contribution in [3.05, 3.63) is 125 Å². The number of ketones is 1. The summed E-state index contributed by atoms with van der Waals surface area (Å²) < 4.78 is 21.1. The molecule has 1 atom stereocenters. The summed E-state index contributed by atoms with van der Waals surface area (Å²) in [5.41, 5.74) is 16.1. The molecule has 2 aromatic heterocycles. The molecule has 4 aliphatic rings. The molecule has 10 rings (SSSR count). The Bertz CT molecular complexity index is 2710. The van der Waals surface area contributed by atoms with Gasteiger partial charge in [-0.2, -0.15) is 5.10 Å². The first-order valence-corrected chi connectivity index (χ1v) is 21.6. The highest BCUT2D eigenvalue weighted by atomic mass is 19.1. The van der Waals surface area contributed by atoms with Gasteiger partial charge in [-0.05, 0) is 77.6 Å². The maximum absolute atomic E-state index is 13.9. The van der Waals surface area contributed by atoms with E-state index in [1.165, 1.54) is 59.7 Å². The molecule has 6 heterocycles. The smallest absolute Gasteiger partial charge is 0.243 e. The third kappa shape index (κ3) is 8.09. The molecule has 0 unspecified atom stereocenters. The molecule has 14 nitrogen and oxygen atoms in total. The minimum atomic E-state index is -0.474. The van der Waals surface area contributed by atoms with Crippen LogP contribution in [0.5, 0.6) is 5.75 Å². The molecule has 15 heteroatoms. The lowest BCUT2D eigenvalue weighted by Gasteiger charge is -2.41. The Kier molecular flexibility index (Phi) is 10.8. The first-order valence-electron chi connectivity index (χ1n) is 21.6. The van der Waals surface area contributed by atoms with E-state index in [1.807, 2.05) is 28.9 Å². The summed E-state index contributed by atoms with van der Waals surface area (Å²) in [7, 11) is 1.47. The van der Waals surface area contributed by atoms with Gasteiger partial charge >= 0.3 is 0 Å². The highest BCUT2D eigenvalue weighted by Gasteiger charge is 2.35. The van der Waals surface area contributed by atoms with Gasteiger partial charge in [-0.15, -0.1) is 0 Å². The number of Topliss-reactive ketones (excluding diaryl/α,β-unsaturated/α-hetero) is 1. The van der Waals surface area contributed by atoms with E-state index in [4.69, 9.17) is 15.6 Å². The lowest BCUT2D eigenvalue weighted by atomic mass is 10.00.